The van der Waals surface area contributed by atoms with Crippen LogP contribution in [0.15, 0.2) is 35.2 Å². The first kappa shape index (κ1) is 11.9. The molecule has 0 spiro atoms. The van der Waals surface area contributed by atoms with Crippen molar-refractivity contribution < 1.29 is 0 Å². The Balaban J connectivity index is 1.76. The lowest BCUT2D eigenvalue weighted by atomic mass is 9.81. The van der Waals surface area contributed by atoms with E-state index in [4.69, 9.17) is 0 Å². The summed E-state index contributed by atoms with van der Waals surface area (Å²) in [4.78, 5) is 4.33. The minimum Gasteiger partial charge on any atom is -0.304 e. The number of nitrogens with zero attached hydrogens (tertiary/aromatic N) is 1. The predicted octanol–water partition coefficient (Wildman–Crippen LogP) is 3.87. The topological polar surface area (TPSA) is 24.9 Å². The van der Waals surface area contributed by atoms with Gasteiger partial charge in [0.15, 0.2) is 0 Å². The lowest BCUT2D eigenvalue weighted by molar-refractivity contribution is 0.429. The quantitative estimate of drug-likeness (QED) is 0.904. The average molecular weight is 258 g/mol. The van der Waals surface area contributed by atoms with Gasteiger partial charge < -0.3 is 5.32 Å². The van der Waals surface area contributed by atoms with Crippen molar-refractivity contribution in [3.8, 4) is 0 Å². The highest BCUT2D eigenvalue weighted by Gasteiger charge is 2.23. The molecule has 0 saturated carbocycles. The third kappa shape index (κ3) is 2.33. The number of nitrogens with one attached hydrogen (secondary N) is 1. The van der Waals surface area contributed by atoms with Crippen LogP contribution in [0, 0.1) is 0 Å². The number of benzene rings is 1. The molecule has 0 fully saturated rings. The van der Waals surface area contributed by atoms with E-state index in [1.54, 1.807) is 11.3 Å². The average Bonchev–Trinajstić information content (AvgIpc) is 2.92. The highest BCUT2D eigenvalue weighted by atomic mass is 32.1. The van der Waals surface area contributed by atoms with E-state index in [1.807, 2.05) is 5.51 Å². The van der Waals surface area contributed by atoms with E-state index in [9.17, 15) is 0 Å². The molecule has 2 atom stereocenters. The van der Waals surface area contributed by atoms with E-state index in [0.29, 0.717) is 12.0 Å². The lowest BCUT2D eigenvalue weighted by Crippen LogP contribution is -2.26. The van der Waals surface area contributed by atoms with Gasteiger partial charge in [0.25, 0.3) is 0 Å². The first-order chi connectivity index (χ1) is 8.84. The van der Waals surface area contributed by atoms with Gasteiger partial charge in [-0.1, -0.05) is 31.2 Å². The van der Waals surface area contributed by atoms with Gasteiger partial charge in [0, 0.05) is 18.0 Å². The number of hydrogen-bond acceptors (Lipinski definition) is 3. The second-order valence-electron chi connectivity index (χ2n) is 5.02. The zero-order valence-corrected chi connectivity index (χ0v) is 11.4. The SMILES string of the molecule is CC1CCC(NCc2cscn2)c2ccccc21. The maximum Gasteiger partial charge on any atom is 0.0795 e. The number of thiazole rings is 1. The Labute approximate surface area is 112 Å². The molecular weight excluding hydrogens is 240 g/mol. The molecule has 18 heavy (non-hydrogen) atoms. The van der Waals surface area contributed by atoms with Gasteiger partial charge in [-0.2, -0.15) is 0 Å². The molecule has 1 aliphatic rings. The summed E-state index contributed by atoms with van der Waals surface area (Å²) in [6, 6.07) is 9.33. The largest absolute Gasteiger partial charge is 0.304 e. The monoisotopic (exact) mass is 258 g/mol. The molecule has 94 valence electrons. The number of aromatic nitrogens is 1. The van der Waals surface area contributed by atoms with Crippen LogP contribution in [0.4, 0.5) is 0 Å². The molecule has 0 amide bonds. The fourth-order valence-electron chi connectivity index (χ4n) is 2.77. The Hall–Kier alpha value is -1.19. The predicted molar refractivity (Wildman–Crippen MR) is 75.8 cm³/mol. The Kier molecular flexibility index (Phi) is 3.43. The summed E-state index contributed by atoms with van der Waals surface area (Å²) < 4.78 is 0. The summed E-state index contributed by atoms with van der Waals surface area (Å²) in [6.07, 6.45) is 2.49. The molecule has 1 N–H and O–H groups in total. The van der Waals surface area contributed by atoms with Crippen molar-refractivity contribution in [2.24, 2.45) is 0 Å². The molecule has 1 aromatic carbocycles. The van der Waals surface area contributed by atoms with Crippen LogP contribution in [-0.2, 0) is 6.54 Å². The Morgan fingerprint density at radius 1 is 1.28 bits per heavy atom. The van der Waals surface area contributed by atoms with Gasteiger partial charge in [-0.15, -0.1) is 11.3 Å². The maximum absolute atomic E-state index is 4.33. The molecule has 2 aromatic rings. The lowest BCUT2D eigenvalue weighted by Gasteiger charge is -2.30. The van der Waals surface area contributed by atoms with Crippen LogP contribution in [0.25, 0.3) is 0 Å². The molecule has 2 nitrogen and oxygen atoms in total. The van der Waals surface area contributed by atoms with Crippen LogP contribution in [0.5, 0.6) is 0 Å². The van der Waals surface area contributed by atoms with Crippen LogP contribution < -0.4 is 5.32 Å². The van der Waals surface area contributed by atoms with Gasteiger partial charge in [-0.3, -0.25) is 0 Å². The molecule has 1 heterocycles. The third-order valence-electron chi connectivity index (χ3n) is 3.80. The minimum absolute atomic E-state index is 0.485. The fourth-order valence-corrected chi connectivity index (χ4v) is 3.33. The second-order valence-corrected chi connectivity index (χ2v) is 5.74. The van der Waals surface area contributed by atoms with Crippen LogP contribution in [0.2, 0.25) is 0 Å². The molecule has 0 aliphatic heterocycles. The Morgan fingerprint density at radius 3 is 2.89 bits per heavy atom. The van der Waals surface area contributed by atoms with Crippen LogP contribution in [0.1, 0.15) is 48.5 Å². The van der Waals surface area contributed by atoms with E-state index in [-0.39, 0.29) is 0 Å². The van der Waals surface area contributed by atoms with Gasteiger partial charge in [-0.05, 0) is 29.9 Å². The standard InChI is InChI=1S/C15H18N2S/c1-11-6-7-15(14-5-3-2-4-13(11)14)16-8-12-9-18-10-17-12/h2-5,9-11,15-16H,6-8H2,1H3. The van der Waals surface area contributed by atoms with E-state index >= 15 is 0 Å². The van der Waals surface area contributed by atoms with Gasteiger partial charge in [-0.25, -0.2) is 4.98 Å². The second kappa shape index (κ2) is 5.21. The van der Waals surface area contributed by atoms with Crippen molar-refractivity contribution in [1.29, 1.82) is 0 Å². The van der Waals surface area contributed by atoms with E-state index in [1.165, 1.54) is 24.0 Å². The number of fused-ring (bicyclic) bond motifs is 1. The van der Waals surface area contributed by atoms with Crippen LogP contribution in [0.3, 0.4) is 0 Å². The first-order valence-electron chi connectivity index (χ1n) is 6.54. The molecule has 1 aliphatic carbocycles. The third-order valence-corrected chi connectivity index (χ3v) is 4.44. The number of rotatable bonds is 3. The van der Waals surface area contributed by atoms with Gasteiger partial charge >= 0.3 is 0 Å². The summed E-state index contributed by atoms with van der Waals surface area (Å²) in [7, 11) is 0. The molecule has 1 aromatic heterocycles. The highest BCUT2D eigenvalue weighted by molar-refractivity contribution is 7.07. The Morgan fingerprint density at radius 2 is 2.11 bits per heavy atom. The van der Waals surface area contributed by atoms with E-state index in [0.717, 1.165) is 12.2 Å². The smallest absolute Gasteiger partial charge is 0.0795 e. The van der Waals surface area contributed by atoms with Crippen molar-refractivity contribution >= 4 is 11.3 Å². The summed E-state index contributed by atoms with van der Waals surface area (Å²) in [5.74, 6) is 0.693. The summed E-state index contributed by atoms with van der Waals surface area (Å²) in [5, 5.41) is 5.76. The van der Waals surface area contributed by atoms with Gasteiger partial charge in [0.05, 0.1) is 11.2 Å². The zero-order valence-electron chi connectivity index (χ0n) is 10.6. The van der Waals surface area contributed by atoms with Crippen molar-refractivity contribution in [3.63, 3.8) is 0 Å². The van der Waals surface area contributed by atoms with Gasteiger partial charge in [0.1, 0.15) is 0 Å². The van der Waals surface area contributed by atoms with Crippen LogP contribution in [-0.4, -0.2) is 4.98 Å². The molecule has 3 heteroatoms. The summed E-state index contributed by atoms with van der Waals surface area (Å²) in [5.41, 5.74) is 6.04. The maximum atomic E-state index is 4.33. The van der Waals surface area contributed by atoms with E-state index in [2.05, 4.69) is 46.9 Å². The molecule has 2 unspecified atom stereocenters. The Bertz CT molecular complexity index is 507. The van der Waals surface area contributed by atoms with Crippen LogP contribution >= 0.6 is 11.3 Å². The van der Waals surface area contributed by atoms with Crippen molar-refractivity contribution in [2.45, 2.75) is 38.3 Å². The molecule has 3 rings (SSSR count). The minimum atomic E-state index is 0.485. The summed E-state index contributed by atoms with van der Waals surface area (Å²) in [6.45, 7) is 3.20. The summed E-state index contributed by atoms with van der Waals surface area (Å²) >= 11 is 1.66. The van der Waals surface area contributed by atoms with Crippen molar-refractivity contribution in [1.82, 2.24) is 10.3 Å². The molecule has 0 bridgehead atoms. The highest BCUT2D eigenvalue weighted by Crippen LogP contribution is 2.36. The van der Waals surface area contributed by atoms with Crippen molar-refractivity contribution in [2.75, 3.05) is 0 Å². The normalized spacial score (nSPS) is 22.7. The van der Waals surface area contributed by atoms with Gasteiger partial charge in [0.2, 0.25) is 0 Å². The first-order valence-corrected chi connectivity index (χ1v) is 7.48. The zero-order chi connectivity index (χ0) is 12.4. The molecule has 0 saturated heterocycles. The van der Waals surface area contributed by atoms with E-state index < -0.39 is 0 Å². The van der Waals surface area contributed by atoms with Crippen molar-refractivity contribution in [3.05, 3.63) is 52.0 Å². The number of hydrogen-bond donors (Lipinski definition) is 1. The molecule has 0 radical (unpaired) electrons. The fraction of sp³-hybridized carbons (Fsp3) is 0.400. The molecular formula is C15H18N2S.